The number of imidazole rings is 1. The van der Waals surface area contributed by atoms with Crippen LogP contribution in [0.15, 0.2) is 53.9 Å². The van der Waals surface area contributed by atoms with Gasteiger partial charge < -0.3 is 15.0 Å². The number of hydrogen-bond donors (Lipinski definition) is 2. The summed E-state index contributed by atoms with van der Waals surface area (Å²) in [5.41, 5.74) is 3.53. The lowest BCUT2D eigenvalue weighted by molar-refractivity contribution is 0.0949. The van der Waals surface area contributed by atoms with Gasteiger partial charge in [-0.3, -0.25) is 4.79 Å². The van der Waals surface area contributed by atoms with E-state index >= 15 is 0 Å². The molecule has 28 heavy (non-hydrogen) atoms. The minimum Gasteiger partial charge on any atom is -0.497 e. The Kier molecular flexibility index (Phi) is 5.34. The van der Waals surface area contributed by atoms with Gasteiger partial charge in [0.1, 0.15) is 17.3 Å². The molecule has 2 N–H and O–H groups in total. The molecule has 0 saturated carbocycles. The van der Waals surface area contributed by atoms with Crippen molar-refractivity contribution >= 4 is 28.3 Å². The average Bonchev–Trinajstić information content (AvgIpc) is 3.35. The quantitative estimate of drug-likeness (QED) is 0.504. The fraction of sp³-hybridized carbons (Fsp3) is 0.190. The van der Waals surface area contributed by atoms with Gasteiger partial charge in [0.25, 0.3) is 5.91 Å². The minimum absolute atomic E-state index is 0.159. The highest BCUT2D eigenvalue weighted by molar-refractivity contribution is 7.09. The number of nitrogens with one attached hydrogen (secondary N) is 2. The van der Waals surface area contributed by atoms with Crippen molar-refractivity contribution in [3.63, 3.8) is 0 Å². The molecule has 7 heteroatoms. The molecule has 0 aliphatic carbocycles. The molecular formula is C21H20N4O2S. The van der Waals surface area contributed by atoms with E-state index in [1.54, 1.807) is 12.5 Å². The fourth-order valence-electron chi connectivity index (χ4n) is 2.92. The zero-order chi connectivity index (χ0) is 19.3. The predicted octanol–water partition coefficient (Wildman–Crippen LogP) is 3.59. The average molecular weight is 392 g/mol. The molecule has 0 fully saturated rings. The Morgan fingerprint density at radius 2 is 1.96 bits per heavy atom. The van der Waals surface area contributed by atoms with Gasteiger partial charge in [-0.25, -0.2) is 9.97 Å². The Morgan fingerprint density at radius 1 is 1.14 bits per heavy atom. The summed E-state index contributed by atoms with van der Waals surface area (Å²) in [6, 6.07) is 15.7. The number of ether oxygens (including phenoxy) is 1. The maximum atomic E-state index is 12.3. The van der Waals surface area contributed by atoms with Crippen LogP contribution in [-0.2, 0) is 12.8 Å². The van der Waals surface area contributed by atoms with Gasteiger partial charge in [-0.1, -0.05) is 24.3 Å². The highest BCUT2D eigenvalue weighted by Gasteiger charge is 2.11. The number of methoxy groups -OCH3 is 1. The van der Waals surface area contributed by atoms with E-state index in [1.807, 2.05) is 48.5 Å². The summed E-state index contributed by atoms with van der Waals surface area (Å²) in [5.74, 6) is 1.53. The molecule has 0 aliphatic rings. The topological polar surface area (TPSA) is 79.9 Å². The van der Waals surface area contributed by atoms with Crippen LogP contribution >= 0.6 is 11.3 Å². The van der Waals surface area contributed by atoms with Gasteiger partial charge in [-0.2, -0.15) is 0 Å². The second kappa shape index (κ2) is 8.22. The number of aromatic amines is 1. The first-order valence-corrected chi connectivity index (χ1v) is 9.88. The molecule has 0 saturated heterocycles. The molecule has 0 atom stereocenters. The molecule has 0 radical (unpaired) electrons. The molecule has 0 unspecified atom stereocenters. The molecule has 1 amide bonds. The van der Waals surface area contributed by atoms with Crippen molar-refractivity contribution in [2.24, 2.45) is 0 Å². The van der Waals surface area contributed by atoms with Gasteiger partial charge in [0, 0.05) is 24.8 Å². The number of fused-ring (bicyclic) bond motifs is 1. The van der Waals surface area contributed by atoms with E-state index in [9.17, 15) is 4.79 Å². The predicted molar refractivity (Wildman–Crippen MR) is 110 cm³/mol. The number of nitrogens with zero attached hydrogens (tertiary/aromatic N) is 2. The van der Waals surface area contributed by atoms with E-state index in [4.69, 9.17) is 4.74 Å². The van der Waals surface area contributed by atoms with Crippen LogP contribution in [0.1, 0.15) is 26.9 Å². The monoisotopic (exact) mass is 392 g/mol. The second-order valence-corrected chi connectivity index (χ2v) is 7.30. The number of amides is 1. The maximum Gasteiger partial charge on any atom is 0.270 e. The van der Waals surface area contributed by atoms with Crippen molar-refractivity contribution in [1.29, 1.82) is 0 Å². The lowest BCUT2D eigenvalue weighted by Gasteiger charge is -2.02. The van der Waals surface area contributed by atoms with Crippen LogP contribution < -0.4 is 10.1 Å². The van der Waals surface area contributed by atoms with Crippen molar-refractivity contribution in [3.05, 3.63) is 76.0 Å². The molecule has 6 nitrogen and oxygen atoms in total. The zero-order valence-electron chi connectivity index (χ0n) is 15.4. The third kappa shape index (κ3) is 4.20. The molecule has 4 rings (SSSR count). The molecular weight excluding hydrogens is 372 g/mol. The number of rotatable bonds is 7. The molecule has 2 heterocycles. The Labute approximate surface area is 166 Å². The molecule has 4 aromatic rings. The first-order valence-electron chi connectivity index (χ1n) is 9.00. The number of para-hydroxylation sites is 2. The van der Waals surface area contributed by atoms with Crippen molar-refractivity contribution in [2.75, 3.05) is 13.7 Å². The van der Waals surface area contributed by atoms with E-state index in [-0.39, 0.29) is 5.91 Å². The highest BCUT2D eigenvalue weighted by Crippen LogP contribution is 2.18. The third-order valence-electron chi connectivity index (χ3n) is 4.38. The standard InChI is InChI=1S/C21H20N4O2S/c1-27-15-8-6-14(7-9-15)12-20-25-18(13-28-20)21(26)22-11-10-19-23-16-4-2-3-5-17(16)24-19/h2-9,13H,10-12H2,1H3,(H,22,26)(H,23,24). The van der Waals surface area contributed by atoms with Crippen LogP contribution in [0.25, 0.3) is 11.0 Å². The number of aromatic nitrogens is 3. The minimum atomic E-state index is -0.159. The summed E-state index contributed by atoms with van der Waals surface area (Å²) in [6.07, 6.45) is 1.34. The van der Waals surface area contributed by atoms with Gasteiger partial charge in [0.15, 0.2) is 0 Å². The first-order chi connectivity index (χ1) is 13.7. The van der Waals surface area contributed by atoms with E-state index < -0.39 is 0 Å². The van der Waals surface area contributed by atoms with Gasteiger partial charge in [0.2, 0.25) is 0 Å². The second-order valence-electron chi connectivity index (χ2n) is 6.36. The lowest BCUT2D eigenvalue weighted by atomic mass is 10.1. The maximum absolute atomic E-state index is 12.3. The SMILES string of the molecule is COc1ccc(Cc2nc(C(=O)NCCc3nc4ccccc4[nH]3)cs2)cc1. The normalized spacial score (nSPS) is 10.9. The summed E-state index contributed by atoms with van der Waals surface area (Å²) >= 11 is 1.49. The van der Waals surface area contributed by atoms with Crippen LogP contribution in [0.3, 0.4) is 0 Å². The van der Waals surface area contributed by atoms with E-state index in [0.717, 1.165) is 33.2 Å². The molecule has 2 aromatic heterocycles. The Bertz CT molecular complexity index is 1050. The smallest absolute Gasteiger partial charge is 0.270 e. The van der Waals surface area contributed by atoms with Crippen LogP contribution in [0.5, 0.6) is 5.75 Å². The van der Waals surface area contributed by atoms with Gasteiger partial charge in [0.05, 0.1) is 23.2 Å². The molecule has 0 bridgehead atoms. The summed E-state index contributed by atoms with van der Waals surface area (Å²) < 4.78 is 5.17. The summed E-state index contributed by atoms with van der Waals surface area (Å²) in [5, 5.41) is 5.62. The number of thiazole rings is 1. The Hall–Kier alpha value is -3.19. The van der Waals surface area contributed by atoms with Crippen molar-refractivity contribution in [1.82, 2.24) is 20.3 Å². The third-order valence-corrected chi connectivity index (χ3v) is 5.23. The van der Waals surface area contributed by atoms with Crippen molar-refractivity contribution in [3.8, 4) is 5.75 Å². The van der Waals surface area contributed by atoms with Crippen molar-refractivity contribution < 1.29 is 9.53 Å². The fourth-order valence-corrected chi connectivity index (χ4v) is 3.73. The number of benzene rings is 2. The zero-order valence-corrected chi connectivity index (χ0v) is 16.3. The van der Waals surface area contributed by atoms with Crippen molar-refractivity contribution in [2.45, 2.75) is 12.8 Å². The number of H-pyrrole nitrogens is 1. The Morgan fingerprint density at radius 3 is 2.75 bits per heavy atom. The van der Waals surface area contributed by atoms with Gasteiger partial charge >= 0.3 is 0 Å². The first kappa shape index (κ1) is 18.2. The van der Waals surface area contributed by atoms with E-state index in [1.165, 1.54) is 11.3 Å². The van der Waals surface area contributed by atoms with E-state index in [2.05, 4.69) is 20.3 Å². The van der Waals surface area contributed by atoms with Crippen LogP contribution in [0, 0.1) is 0 Å². The lowest BCUT2D eigenvalue weighted by Crippen LogP contribution is -2.26. The Balaban J connectivity index is 1.31. The summed E-state index contributed by atoms with van der Waals surface area (Å²) in [6.45, 7) is 0.504. The summed E-state index contributed by atoms with van der Waals surface area (Å²) in [7, 11) is 1.65. The molecule has 142 valence electrons. The molecule has 2 aromatic carbocycles. The number of hydrogen-bond acceptors (Lipinski definition) is 5. The number of carbonyl (C=O) groups is 1. The van der Waals surface area contributed by atoms with Crippen LogP contribution in [0.4, 0.5) is 0 Å². The van der Waals surface area contributed by atoms with Crippen LogP contribution in [0.2, 0.25) is 0 Å². The summed E-state index contributed by atoms with van der Waals surface area (Å²) in [4.78, 5) is 24.6. The number of carbonyl (C=O) groups excluding carboxylic acids is 1. The molecule has 0 aliphatic heterocycles. The van der Waals surface area contributed by atoms with E-state index in [0.29, 0.717) is 25.1 Å². The highest BCUT2D eigenvalue weighted by atomic mass is 32.1. The van der Waals surface area contributed by atoms with Gasteiger partial charge in [-0.05, 0) is 29.8 Å². The largest absolute Gasteiger partial charge is 0.497 e. The molecule has 0 spiro atoms. The van der Waals surface area contributed by atoms with Crippen LogP contribution in [-0.4, -0.2) is 34.5 Å². The van der Waals surface area contributed by atoms with Gasteiger partial charge in [-0.15, -0.1) is 11.3 Å².